The van der Waals surface area contributed by atoms with E-state index in [-0.39, 0.29) is 0 Å². The van der Waals surface area contributed by atoms with Crippen molar-refractivity contribution < 1.29 is 5.11 Å². The Bertz CT molecular complexity index is 394. The Morgan fingerprint density at radius 3 is 2.78 bits per heavy atom. The highest BCUT2D eigenvalue weighted by Crippen LogP contribution is 2.33. The number of para-hydroxylation sites is 1. The average molecular weight is 248 g/mol. The van der Waals surface area contributed by atoms with Crippen LogP contribution >= 0.6 is 0 Å². The summed E-state index contributed by atoms with van der Waals surface area (Å²) >= 11 is 0. The molecule has 1 aromatic carbocycles. The molecule has 18 heavy (non-hydrogen) atoms. The van der Waals surface area contributed by atoms with Crippen molar-refractivity contribution in [1.29, 1.82) is 0 Å². The lowest BCUT2D eigenvalue weighted by atomic mass is 9.98. The minimum Gasteiger partial charge on any atom is -0.508 e. The molecule has 0 aromatic heterocycles. The topological polar surface area (TPSA) is 35.5 Å². The molecule has 1 aromatic rings. The van der Waals surface area contributed by atoms with Crippen molar-refractivity contribution in [3.8, 4) is 5.75 Å². The molecule has 3 heteroatoms. The number of phenolic OH excluding ortho intramolecular Hbond substituents is 1. The summed E-state index contributed by atoms with van der Waals surface area (Å²) in [5.41, 5.74) is 1.06. The molecule has 0 bridgehead atoms. The van der Waals surface area contributed by atoms with Crippen molar-refractivity contribution in [3.63, 3.8) is 0 Å². The van der Waals surface area contributed by atoms with Crippen LogP contribution in [0.1, 0.15) is 38.8 Å². The Kier molecular flexibility index (Phi) is 4.25. The normalized spacial score (nSPS) is 27.1. The summed E-state index contributed by atoms with van der Waals surface area (Å²) in [5.74, 6) is 0.419. The monoisotopic (exact) mass is 248 g/mol. The lowest BCUT2D eigenvalue weighted by molar-refractivity contribution is 0.0907. The minimum absolute atomic E-state index is 0.311. The Hall–Kier alpha value is -1.06. The van der Waals surface area contributed by atoms with Crippen LogP contribution in [-0.4, -0.2) is 35.2 Å². The molecule has 1 fully saturated rings. The van der Waals surface area contributed by atoms with Crippen molar-refractivity contribution in [2.24, 2.45) is 0 Å². The smallest absolute Gasteiger partial charge is 0.120 e. The van der Waals surface area contributed by atoms with E-state index in [0.717, 1.165) is 25.1 Å². The standard InChI is InChI=1S/C15H24N2O/c1-4-14(13-7-5-6-8-15(13)18)17-10-11(2)16-9-12(17)3/h5-8,11-12,14,16,18H,4,9-10H2,1-3H3. The Morgan fingerprint density at radius 2 is 2.11 bits per heavy atom. The van der Waals surface area contributed by atoms with Gasteiger partial charge in [-0.15, -0.1) is 0 Å². The quantitative estimate of drug-likeness (QED) is 0.863. The molecule has 3 nitrogen and oxygen atoms in total. The van der Waals surface area contributed by atoms with Crippen LogP contribution in [-0.2, 0) is 0 Å². The molecule has 100 valence electrons. The van der Waals surface area contributed by atoms with Crippen LogP contribution in [0.3, 0.4) is 0 Å². The number of rotatable bonds is 3. The SMILES string of the molecule is CCC(c1ccccc1O)N1CC(C)NCC1C. The summed E-state index contributed by atoms with van der Waals surface area (Å²) in [4.78, 5) is 2.51. The number of hydrogen-bond acceptors (Lipinski definition) is 3. The third-order valence-corrected chi connectivity index (χ3v) is 3.90. The largest absolute Gasteiger partial charge is 0.508 e. The predicted octanol–water partition coefficient (Wildman–Crippen LogP) is 2.53. The van der Waals surface area contributed by atoms with Gasteiger partial charge in [0.2, 0.25) is 0 Å². The van der Waals surface area contributed by atoms with Gasteiger partial charge in [0.05, 0.1) is 0 Å². The van der Waals surface area contributed by atoms with E-state index in [9.17, 15) is 5.11 Å². The summed E-state index contributed by atoms with van der Waals surface area (Å²) in [7, 11) is 0. The molecule has 1 saturated heterocycles. The number of nitrogens with zero attached hydrogens (tertiary/aromatic N) is 1. The fourth-order valence-corrected chi connectivity index (χ4v) is 2.89. The second-order valence-electron chi connectivity index (χ2n) is 5.34. The molecule has 1 aliphatic heterocycles. The molecule has 3 unspecified atom stereocenters. The zero-order chi connectivity index (χ0) is 13.1. The fourth-order valence-electron chi connectivity index (χ4n) is 2.89. The zero-order valence-corrected chi connectivity index (χ0v) is 11.6. The molecule has 0 radical (unpaired) electrons. The predicted molar refractivity (Wildman–Crippen MR) is 74.8 cm³/mol. The van der Waals surface area contributed by atoms with E-state index in [1.807, 2.05) is 18.2 Å². The highest BCUT2D eigenvalue weighted by Gasteiger charge is 2.29. The van der Waals surface area contributed by atoms with Gasteiger partial charge >= 0.3 is 0 Å². The van der Waals surface area contributed by atoms with E-state index in [0.29, 0.717) is 23.9 Å². The number of nitrogens with one attached hydrogen (secondary N) is 1. The number of aromatic hydroxyl groups is 1. The van der Waals surface area contributed by atoms with Gasteiger partial charge in [0.1, 0.15) is 5.75 Å². The van der Waals surface area contributed by atoms with E-state index in [1.165, 1.54) is 0 Å². The van der Waals surface area contributed by atoms with Gasteiger partial charge in [-0.25, -0.2) is 0 Å². The van der Waals surface area contributed by atoms with Crippen LogP contribution in [0.25, 0.3) is 0 Å². The van der Waals surface area contributed by atoms with Crippen LogP contribution in [0.2, 0.25) is 0 Å². The second kappa shape index (κ2) is 5.72. The van der Waals surface area contributed by atoms with E-state index < -0.39 is 0 Å². The maximum absolute atomic E-state index is 10.1. The van der Waals surface area contributed by atoms with Gasteiger partial charge in [-0.1, -0.05) is 25.1 Å². The Morgan fingerprint density at radius 1 is 1.39 bits per heavy atom. The molecule has 2 N–H and O–H groups in total. The maximum atomic E-state index is 10.1. The first-order valence-electron chi connectivity index (χ1n) is 6.90. The third kappa shape index (κ3) is 2.68. The summed E-state index contributed by atoms with van der Waals surface area (Å²) in [5, 5.41) is 13.6. The van der Waals surface area contributed by atoms with Gasteiger partial charge in [0, 0.05) is 36.8 Å². The molecule has 1 aliphatic rings. The van der Waals surface area contributed by atoms with Crippen molar-refractivity contribution in [2.75, 3.05) is 13.1 Å². The molecule has 2 rings (SSSR count). The molecular formula is C15H24N2O. The first kappa shape index (κ1) is 13.4. The molecular weight excluding hydrogens is 224 g/mol. The van der Waals surface area contributed by atoms with Crippen molar-refractivity contribution in [2.45, 2.75) is 45.3 Å². The summed E-state index contributed by atoms with van der Waals surface area (Å²) in [6, 6.07) is 9.05. The van der Waals surface area contributed by atoms with Gasteiger partial charge in [0.15, 0.2) is 0 Å². The lowest BCUT2D eigenvalue weighted by Crippen LogP contribution is -2.55. The zero-order valence-electron chi connectivity index (χ0n) is 11.6. The number of phenols is 1. The fraction of sp³-hybridized carbons (Fsp3) is 0.600. The van der Waals surface area contributed by atoms with Gasteiger partial charge in [-0.2, -0.15) is 0 Å². The van der Waals surface area contributed by atoms with Crippen LogP contribution < -0.4 is 5.32 Å². The highest BCUT2D eigenvalue weighted by molar-refractivity contribution is 5.34. The molecule has 3 atom stereocenters. The van der Waals surface area contributed by atoms with Crippen LogP contribution in [0.15, 0.2) is 24.3 Å². The van der Waals surface area contributed by atoms with Crippen molar-refractivity contribution in [1.82, 2.24) is 10.2 Å². The number of piperazine rings is 1. The van der Waals surface area contributed by atoms with E-state index in [1.54, 1.807) is 6.07 Å². The maximum Gasteiger partial charge on any atom is 0.120 e. The van der Waals surface area contributed by atoms with Gasteiger partial charge in [-0.05, 0) is 26.3 Å². The Labute approximate surface area is 110 Å². The van der Waals surface area contributed by atoms with Gasteiger partial charge in [-0.3, -0.25) is 4.90 Å². The summed E-state index contributed by atoms with van der Waals surface area (Å²) in [6.45, 7) is 8.72. The average Bonchev–Trinajstić information content (AvgIpc) is 2.36. The first-order chi connectivity index (χ1) is 8.63. The highest BCUT2D eigenvalue weighted by atomic mass is 16.3. The molecule has 0 aliphatic carbocycles. The van der Waals surface area contributed by atoms with Crippen LogP contribution in [0.5, 0.6) is 5.75 Å². The first-order valence-corrected chi connectivity index (χ1v) is 6.90. The van der Waals surface area contributed by atoms with Crippen molar-refractivity contribution in [3.05, 3.63) is 29.8 Å². The second-order valence-corrected chi connectivity index (χ2v) is 5.34. The lowest BCUT2D eigenvalue weighted by Gasteiger charge is -2.42. The van der Waals surface area contributed by atoms with Gasteiger partial charge < -0.3 is 10.4 Å². The minimum atomic E-state index is 0.311. The molecule has 0 spiro atoms. The Balaban J connectivity index is 2.25. The summed E-state index contributed by atoms with van der Waals surface area (Å²) < 4.78 is 0. The van der Waals surface area contributed by atoms with Crippen molar-refractivity contribution >= 4 is 0 Å². The molecule has 1 heterocycles. The van der Waals surface area contributed by atoms with Gasteiger partial charge in [0.25, 0.3) is 0 Å². The molecule has 0 saturated carbocycles. The van der Waals surface area contributed by atoms with E-state index in [4.69, 9.17) is 0 Å². The summed E-state index contributed by atoms with van der Waals surface area (Å²) in [6.07, 6.45) is 1.02. The number of hydrogen-bond donors (Lipinski definition) is 2. The van der Waals surface area contributed by atoms with Crippen LogP contribution in [0.4, 0.5) is 0 Å². The van der Waals surface area contributed by atoms with E-state index >= 15 is 0 Å². The third-order valence-electron chi connectivity index (χ3n) is 3.90. The van der Waals surface area contributed by atoms with Crippen LogP contribution in [0, 0.1) is 0 Å². The molecule has 0 amide bonds. The van der Waals surface area contributed by atoms with E-state index in [2.05, 4.69) is 31.0 Å². The number of benzene rings is 1.